The molecule has 0 saturated heterocycles. The van der Waals surface area contributed by atoms with Crippen LogP contribution in [0.15, 0.2) is 24.3 Å². The van der Waals surface area contributed by atoms with Gasteiger partial charge >= 0.3 is 5.97 Å². The van der Waals surface area contributed by atoms with Crippen LogP contribution in [0.2, 0.25) is 0 Å². The molecule has 0 heterocycles. The second-order valence-corrected chi connectivity index (χ2v) is 3.66. The smallest absolute Gasteiger partial charge is 0.304 e. The number of aromatic hydroxyl groups is 1. The minimum atomic E-state index is -0.870. The summed E-state index contributed by atoms with van der Waals surface area (Å²) < 4.78 is 0. The van der Waals surface area contributed by atoms with Crippen LogP contribution in [-0.4, -0.2) is 22.2 Å². The summed E-state index contributed by atoms with van der Waals surface area (Å²) >= 11 is 0. The van der Waals surface area contributed by atoms with Crippen molar-refractivity contribution in [3.05, 3.63) is 29.8 Å². The third kappa shape index (κ3) is 3.25. The zero-order valence-corrected chi connectivity index (χ0v) is 8.55. The van der Waals surface area contributed by atoms with Crippen molar-refractivity contribution in [1.82, 2.24) is 0 Å². The van der Waals surface area contributed by atoms with Crippen LogP contribution in [0.25, 0.3) is 0 Å². The van der Waals surface area contributed by atoms with E-state index in [0.717, 1.165) is 5.56 Å². The molecule has 1 rings (SSSR count). The van der Waals surface area contributed by atoms with Gasteiger partial charge in [0.2, 0.25) is 0 Å². The second kappa shape index (κ2) is 4.79. The van der Waals surface area contributed by atoms with E-state index in [1.54, 1.807) is 19.1 Å². The lowest BCUT2D eigenvalue weighted by molar-refractivity contribution is -0.137. The van der Waals surface area contributed by atoms with Gasteiger partial charge in [0, 0.05) is 12.0 Å². The number of rotatable bonds is 4. The van der Waals surface area contributed by atoms with E-state index in [0.29, 0.717) is 0 Å². The highest BCUT2D eigenvalue weighted by atomic mass is 16.4. The Hall–Kier alpha value is -1.55. The number of carboxylic acid groups (broad SMARTS) is 1. The highest BCUT2D eigenvalue weighted by Crippen LogP contribution is 2.24. The average molecular weight is 209 g/mol. The largest absolute Gasteiger partial charge is 0.508 e. The molecule has 0 bridgehead atoms. The maximum absolute atomic E-state index is 10.6. The molecule has 15 heavy (non-hydrogen) atoms. The molecule has 2 atom stereocenters. The molecule has 0 amide bonds. The molecule has 0 aliphatic carbocycles. The first kappa shape index (κ1) is 11.5. The van der Waals surface area contributed by atoms with Gasteiger partial charge < -0.3 is 15.9 Å². The molecule has 4 N–H and O–H groups in total. The van der Waals surface area contributed by atoms with Gasteiger partial charge in [-0.1, -0.05) is 12.1 Å². The predicted molar refractivity (Wildman–Crippen MR) is 56.8 cm³/mol. The van der Waals surface area contributed by atoms with Crippen molar-refractivity contribution in [1.29, 1.82) is 0 Å². The molecule has 4 heteroatoms. The fraction of sp³-hybridized carbons (Fsp3) is 0.364. The van der Waals surface area contributed by atoms with Gasteiger partial charge in [0.05, 0.1) is 6.42 Å². The van der Waals surface area contributed by atoms with Crippen molar-refractivity contribution in [2.45, 2.75) is 25.3 Å². The fourth-order valence-electron chi connectivity index (χ4n) is 1.52. The van der Waals surface area contributed by atoms with Gasteiger partial charge in [0.1, 0.15) is 5.75 Å². The van der Waals surface area contributed by atoms with E-state index in [2.05, 4.69) is 0 Å². The van der Waals surface area contributed by atoms with Crippen LogP contribution in [0.1, 0.15) is 24.8 Å². The Labute approximate surface area is 88.3 Å². The van der Waals surface area contributed by atoms with Gasteiger partial charge in [-0.3, -0.25) is 4.79 Å². The molecule has 1 aromatic carbocycles. The maximum Gasteiger partial charge on any atom is 0.304 e. The third-order valence-electron chi connectivity index (χ3n) is 2.35. The molecule has 0 saturated carbocycles. The number of carbonyl (C=O) groups is 1. The van der Waals surface area contributed by atoms with Gasteiger partial charge in [0.15, 0.2) is 0 Å². The molecule has 1 aromatic rings. The molecule has 0 spiro atoms. The Morgan fingerprint density at radius 3 is 2.33 bits per heavy atom. The molecule has 2 unspecified atom stereocenters. The molecule has 4 nitrogen and oxygen atoms in total. The van der Waals surface area contributed by atoms with Crippen LogP contribution in [0.3, 0.4) is 0 Å². The minimum Gasteiger partial charge on any atom is -0.508 e. The summed E-state index contributed by atoms with van der Waals surface area (Å²) in [5.74, 6) is -0.925. The lowest BCUT2D eigenvalue weighted by atomic mass is 9.90. The predicted octanol–water partition coefficient (Wildman–Crippen LogP) is 1.30. The average Bonchev–Trinajstić information content (AvgIpc) is 2.15. The Morgan fingerprint density at radius 2 is 1.93 bits per heavy atom. The van der Waals surface area contributed by atoms with Crippen LogP contribution in [0.5, 0.6) is 5.75 Å². The summed E-state index contributed by atoms with van der Waals surface area (Å²) in [6.45, 7) is 1.78. The van der Waals surface area contributed by atoms with Gasteiger partial charge in [-0.15, -0.1) is 0 Å². The van der Waals surface area contributed by atoms with E-state index < -0.39 is 5.97 Å². The Kier molecular flexibility index (Phi) is 3.68. The van der Waals surface area contributed by atoms with E-state index in [1.165, 1.54) is 12.1 Å². The molecular formula is C11H15NO3. The summed E-state index contributed by atoms with van der Waals surface area (Å²) in [6, 6.07) is 6.24. The highest BCUT2D eigenvalue weighted by Gasteiger charge is 2.19. The normalized spacial score (nSPS) is 14.5. The summed E-state index contributed by atoms with van der Waals surface area (Å²) in [5.41, 5.74) is 6.57. The molecule has 0 radical (unpaired) electrons. The zero-order chi connectivity index (χ0) is 11.4. The molecule has 0 aliphatic heterocycles. The summed E-state index contributed by atoms with van der Waals surface area (Å²) in [7, 11) is 0. The second-order valence-electron chi connectivity index (χ2n) is 3.66. The van der Waals surface area contributed by atoms with Crippen molar-refractivity contribution in [3.8, 4) is 5.75 Å². The number of aliphatic carboxylic acids is 1. The van der Waals surface area contributed by atoms with Crippen LogP contribution < -0.4 is 5.73 Å². The van der Waals surface area contributed by atoms with E-state index in [-0.39, 0.29) is 24.1 Å². The quantitative estimate of drug-likeness (QED) is 0.697. The number of hydrogen-bond donors (Lipinski definition) is 3. The van der Waals surface area contributed by atoms with E-state index in [1.807, 2.05) is 0 Å². The van der Waals surface area contributed by atoms with Gasteiger partial charge in [-0.2, -0.15) is 0 Å². The topological polar surface area (TPSA) is 83.6 Å². The van der Waals surface area contributed by atoms with E-state index in [4.69, 9.17) is 15.9 Å². The SMILES string of the molecule is CC(N)C(CC(=O)O)c1ccc(O)cc1. The van der Waals surface area contributed by atoms with Crippen molar-refractivity contribution in [2.24, 2.45) is 5.73 Å². The van der Waals surface area contributed by atoms with Crippen molar-refractivity contribution >= 4 is 5.97 Å². The van der Waals surface area contributed by atoms with E-state index >= 15 is 0 Å². The lowest BCUT2D eigenvalue weighted by Crippen LogP contribution is -2.26. The standard InChI is InChI=1S/C11H15NO3/c1-7(12)10(6-11(14)15)8-2-4-9(13)5-3-8/h2-5,7,10,13H,6,12H2,1H3,(H,14,15). The number of phenols is 1. The summed E-state index contributed by atoms with van der Waals surface area (Å²) in [6.07, 6.45) is 0.00242. The molecule has 0 fully saturated rings. The van der Waals surface area contributed by atoms with Crippen LogP contribution in [0.4, 0.5) is 0 Å². The number of carboxylic acids is 1. The van der Waals surface area contributed by atoms with Crippen LogP contribution in [-0.2, 0) is 4.79 Å². The summed E-state index contributed by atoms with van der Waals surface area (Å²) in [5, 5.41) is 17.9. The first-order chi connectivity index (χ1) is 7.00. The molecular weight excluding hydrogens is 194 g/mol. The van der Waals surface area contributed by atoms with Crippen LogP contribution in [0, 0.1) is 0 Å². The van der Waals surface area contributed by atoms with E-state index in [9.17, 15) is 4.79 Å². The first-order valence-corrected chi connectivity index (χ1v) is 4.77. The molecule has 82 valence electrons. The zero-order valence-electron chi connectivity index (χ0n) is 8.55. The van der Waals surface area contributed by atoms with Crippen molar-refractivity contribution < 1.29 is 15.0 Å². The third-order valence-corrected chi connectivity index (χ3v) is 2.35. The summed E-state index contributed by atoms with van der Waals surface area (Å²) in [4.78, 5) is 10.6. The van der Waals surface area contributed by atoms with Crippen molar-refractivity contribution in [3.63, 3.8) is 0 Å². The fourth-order valence-corrected chi connectivity index (χ4v) is 1.52. The Bertz CT molecular complexity index is 332. The lowest BCUT2D eigenvalue weighted by Gasteiger charge is -2.19. The van der Waals surface area contributed by atoms with Gasteiger partial charge in [0.25, 0.3) is 0 Å². The molecule has 0 aromatic heterocycles. The van der Waals surface area contributed by atoms with Gasteiger partial charge in [-0.05, 0) is 24.6 Å². The highest BCUT2D eigenvalue weighted by molar-refractivity contribution is 5.68. The number of hydrogen-bond acceptors (Lipinski definition) is 3. The molecule has 0 aliphatic rings. The number of phenolic OH excluding ortho intramolecular Hbond substituents is 1. The first-order valence-electron chi connectivity index (χ1n) is 4.77. The minimum absolute atomic E-state index is 0.00242. The van der Waals surface area contributed by atoms with Gasteiger partial charge in [-0.25, -0.2) is 0 Å². The monoisotopic (exact) mass is 209 g/mol. The number of benzene rings is 1. The Morgan fingerprint density at radius 1 is 1.40 bits per heavy atom. The number of nitrogens with two attached hydrogens (primary N) is 1. The Balaban J connectivity index is 2.88. The van der Waals surface area contributed by atoms with Crippen LogP contribution >= 0.6 is 0 Å². The van der Waals surface area contributed by atoms with Crippen molar-refractivity contribution in [2.75, 3.05) is 0 Å². The maximum atomic E-state index is 10.6.